The van der Waals surface area contributed by atoms with Crippen molar-refractivity contribution in [3.63, 3.8) is 0 Å². The lowest BCUT2D eigenvalue weighted by atomic mass is 10.2. The lowest BCUT2D eigenvalue weighted by molar-refractivity contribution is 0.0263. The van der Waals surface area contributed by atoms with E-state index in [1.165, 1.54) is 24.8 Å². The van der Waals surface area contributed by atoms with E-state index >= 15 is 0 Å². The third-order valence-electron chi connectivity index (χ3n) is 4.52. The van der Waals surface area contributed by atoms with Crippen LogP contribution in [0.5, 0.6) is 0 Å². The minimum Gasteiger partial charge on any atom is -0.465 e. The Morgan fingerprint density at radius 3 is 2.57 bits per heavy atom. The van der Waals surface area contributed by atoms with Gasteiger partial charge in [0.25, 0.3) is 0 Å². The number of hydrogen-bond donors (Lipinski definition) is 0. The number of anilines is 1. The molecule has 0 N–H and O–H groups in total. The molecule has 1 aliphatic rings. The predicted molar refractivity (Wildman–Crippen MR) is 108 cm³/mol. The van der Waals surface area contributed by atoms with E-state index in [-0.39, 0.29) is 12.1 Å². The molecule has 0 radical (unpaired) electrons. The Morgan fingerprint density at radius 2 is 1.89 bits per heavy atom. The fourth-order valence-electron chi connectivity index (χ4n) is 3.22. The number of hydrogen-bond acceptors (Lipinski definition) is 8. The second-order valence-electron chi connectivity index (χ2n) is 7.73. The first kappa shape index (κ1) is 20.3. The van der Waals surface area contributed by atoms with Crippen molar-refractivity contribution < 1.29 is 19.1 Å². The number of rotatable bonds is 2. The summed E-state index contributed by atoms with van der Waals surface area (Å²) in [5.41, 5.74) is 0.315. The molecule has 152 valence electrons. The number of thiophene rings is 1. The maximum atomic E-state index is 12.4. The van der Waals surface area contributed by atoms with E-state index in [9.17, 15) is 9.59 Å². The number of aromatic nitrogens is 2. The van der Waals surface area contributed by atoms with Crippen LogP contribution in [0.25, 0.3) is 10.2 Å². The molecule has 1 aliphatic heterocycles. The van der Waals surface area contributed by atoms with Gasteiger partial charge in [-0.15, -0.1) is 11.3 Å². The van der Waals surface area contributed by atoms with Crippen LogP contribution in [-0.4, -0.2) is 65.8 Å². The molecule has 3 rings (SSSR count). The van der Waals surface area contributed by atoms with E-state index in [2.05, 4.69) is 14.9 Å². The van der Waals surface area contributed by atoms with Gasteiger partial charge in [0, 0.05) is 26.2 Å². The van der Waals surface area contributed by atoms with Crippen LogP contribution in [0.4, 0.5) is 10.6 Å². The van der Waals surface area contributed by atoms with Crippen molar-refractivity contribution in [3.05, 3.63) is 16.8 Å². The Hall–Kier alpha value is -2.42. The van der Waals surface area contributed by atoms with Gasteiger partial charge in [-0.2, -0.15) is 0 Å². The number of ether oxygens (including phenoxy) is 2. The molecule has 0 saturated carbocycles. The maximum absolute atomic E-state index is 12.4. The monoisotopic (exact) mass is 406 g/mol. The van der Waals surface area contributed by atoms with E-state index in [1.807, 2.05) is 27.7 Å². The van der Waals surface area contributed by atoms with Crippen molar-refractivity contribution in [3.8, 4) is 0 Å². The Balaban J connectivity index is 1.84. The van der Waals surface area contributed by atoms with E-state index in [0.29, 0.717) is 24.5 Å². The van der Waals surface area contributed by atoms with Gasteiger partial charge in [0.1, 0.15) is 27.5 Å². The fourth-order valence-corrected chi connectivity index (χ4v) is 4.28. The molecule has 0 aliphatic carbocycles. The summed E-state index contributed by atoms with van der Waals surface area (Å²) in [6.07, 6.45) is 2.03. The van der Waals surface area contributed by atoms with E-state index in [1.54, 1.807) is 4.90 Å². The zero-order chi connectivity index (χ0) is 20.5. The first-order chi connectivity index (χ1) is 13.2. The number of fused-ring (bicyclic) bond motifs is 1. The zero-order valence-electron chi connectivity index (χ0n) is 16.9. The summed E-state index contributed by atoms with van der Waals surface area (Å²) in [6, 6.07) is 0. The average Bonchev–Trinajstić information content (AvgIpc) is 2.82. The van der Waals surface area contributed by atoms with E-state index in [0.717, 1.165) is 34.6 Å². The minimum absolute atomic E-state index is 0.290. The van der Waals surface area contributed by atoms with Crippen LogP contribution in [0, 0.1) is 6.92 Å². The van der Waals surface area contributed by atoms with Gasteiger partial charge >= 0.3 is 12.1 Å². The lowest BCUT2D eigenvalue weighted by Gasteiger charge is -2.26. The second kappa shape index (κ2) is 7.90. The van der Waals surface area contributed by atoms with Crippen LogP contribution < -0.4 is 4.90 Å². The minimum atomic E-state index is -0.514. The molecule has 9 heteroatoms. The first-order valence-electron chi connectivity index (χ1n) is 9.26. The molecule has 1 amide bonds. The Kier molecular flexibility index (Phi) is 5.74. The summed E-state index contributed by atoms with van der Waals surface area (Å²) < 4.78 is 10.4. The van der Waals surface area contributed by atoms with Crippen LogP contribution in [0.2, 0.25) is 0 Å². The van der Waals surface area contributed by atoms with Gasteiger partial charge < -0.3 is 19.3 Å². The van der Waals surface area contributed by atoms with Crippen LogP contribution in [0.15, 0.2) is 6.33 Å². The number of nitrogens with zero attached hydrogens (tertiary/aromatic N) is 4. The molecular weight excluding hydrogens is 380 g/mol. The van der Waals surface area contributed by atoms with Crippen molar-refractivity contribution in [1.82, 2.24) is 14.9 Å². The molecule has 28 heavy (non-hydrogen) atoms. The van der Waals surface area contributed by atoms with Crippen LogP contribution >= 0.6 is 11.3 Å². The topological polar surface area (TPSA) is 84.9 Å². The average molecular weight is 407 g/mol. The van der Waals surface area contributed by atoms with Crippen molar-refractivity contribution in [1.29, 1.82) is 0 Å². The molecule has 0 bridgehead atoms. The highest BCUT2D eigenvalue weighted by Gasteiger charge is 2.27. The molecule has 1 fully saturated rings. The van der Waals surface area contributed by atoms with Gasteiger partial charge in [0.15, 0.2) is 0 Å². The van der Waals surface area contributed by atoms with Crippen molar-refractivity contribution in [2.45, 2.75) is 39.7 Å². The summed E-state index contributed by atoms with van der Waals surface area (Å²) in [7, 11) is 1.37. The molecule has 0 aromatic carbocycles. The highest BCUT2D eigenvalue weighted by Crippen LogP contribution is 2.35. The SMILES string of the molecule is COC(=O)c1sc2ncnc(N3CCCN(C(=O)OC(C)(C)C)CC3)c2c1C. The number of esters is 1. The first-order valence-corrected chi connectivity index (χ1v) is 10.1. The van der Waals surface area contributed by atoms with Crippen molar-refractivity contribution in [2.24, 2.45) is 0 Å². The quantitative estimate of drug-likeness (QED) is 0.708. The number of carbonyl (C=O) groups is 2. The molecule has 0 atom stereocenters. The van der Waals surface area contributed by atoms with Gasteiger partial charge in [-0.1, -0.05) is 0 Å². The van der Waals surface area contributed by atoms with Crippen molar-refractivity contribution in [2.75, 3.05) is 38.2 Å². The number of carbonyl (C=O) groups excluding carboxylic acids is 2. The molecule has 3 heterocycles. The van der Waals surface area contributed by atoms with Crippen LogP contribution in [0.1, 0.15) is 42.4 Å². The second-order valence-corrected chi connectivity index (χ2v) is 8.73. The molecular formula is C19H26N4O4S. The van der Waals surface area contributed by atoms with Gasteiger partial charge in [-0.25, -0.2) is 19.6 Å². The Labute approximate surface area is 168 Å². The summed E-state index contributed by atoms with van der Waals surface area (Å²) in [4.78, 5) is 38.5. The summed E-state index contributed by atoms with van der Waals surface area (Å²) >= 11 is 1.31. The summed E-state index contributed by atoms with van der Waals surface area (Å²) in [5.74, 6) is 0.429. The highest BCUT2D eigenvalue weighted by molar-refractivity contribution is 7.20. The largest absolute Gasteiger partial charge is 0.465 e. The maximum Gasteiger partial charge on any atom is 0.410 e. The molecule has 0 unspecified atom stereocenters. The Bertz CT molecular complexity index is 890. The number of amides is 1. The van der Waals surface area contributed by atoms with Crippen molar-refractivity contribution >= 4 is 39.4 Å². The fraction of sp³-hybridized carbons (Fsp3) is 0.579. The number of aryl methyl sites for hydroxylation is 1. The third-order valence-corrected chi connectivity index (χ3v) is 5.70. The van der Waals surface area contributed by atoms with Gasteiger partial charge in [0.05, 0.1) is 12.5 Å². The number of methoxy groups -OCH3 is 1. The smallest absolute Gasteiger partial charge is 0.410 e. The Morgan fingerprint density at radius 1 is 1.14 bits per heavy atom. The zero-order valence-corrected chi connectivity index (χ0v) is 17.8. The van der Waals surface area contributed by atoms with Gasteiger partial charge in [0.2, 0.25) is 0 Å². The van der Waals surface area contributed by atoms with E-state index in [4.69, 9.17) is 9.47 Å². The van der Waals surface area contributed by atoms with Crippen LogP contribution in [0.3, 0.4) is 0 Å². The summed E-state index contributed by atoms with van der Waals surface area (Å²) in [5, 5.41) is 0.874. The highest BCUT2D eigenvalue weighted by atomic mass is 32.1. The molecule has 1 saturated heterocycles. The molecule has 2 aromatic heterocycles. The third kappa shape index (κ3) is 4.19. The van der Waals surface area contributed by atoms with Gasteiger partial charge in [-0.3, -0.25) is 0 Å². The molecule has 2 aromatic rings. The molecule has 8 nitrogen and oxygen atoms in total. The lowest BCUT2D eigenvalue weighted by Crippen LogP contribution is -2.39. The summed E-state index contributed by atoms with van der Waals surface area (Å²) in [6.45, 7) is 10.1. The normalized spacial score (nSPS) is 15.5. The predicted octanol–water partition coefficient (Wildman–Crippen LogP) is 3.23. The van der Waals surface area contributed by atoms with Gasteiger partial charge in [-0.05, 0) is 39.7 Å². The molecule has 0 spiro atoms. The van der Waals surface area contributed by atoms with Crippen LogP contribution in [-0.2, 0) is 9.47 Å². The standard InChI is InChI=1S/C19H26N4O4S/c1-12-13-15(20-11-21-16(13)28-14(12)17(24)26-5)22-7-6-8-23(10-9-22)18(25)27-19(2,3)4/h11H,6-10H2,1-5H3. The van der Waals surface area contributed by atoms with E-state index < -0.39 is 5.60 Å².